The molecule has 3 N–H and O–H groups in total. The Hall–Kier alpha value is -2.01. The molecule has 90 valence electrons. The molecule has 0 aliphatic carbocycles. The molecule has 0 unspecified atom stereocenters. The van der Waals surface area contributed by atoms with Gasteiger partial charge in [-0.25, -0.2) is 0 Å². The third-order valence-corrected chi connectivity index (χ3v) is 2.62. The van der Waals surface area contributed by atoms with Crippen LogP contribution in [0.3, 0.4) is 0 Å². The maximum absolute atomic E-state index is 11.2. The van der Waals surface area contributed by atoms with Crippen molar-refractivity contribution in [2.75, 3.05) is 31.0 Å². The molecule has 2 aromatic rings. The van der Waals surface area contributed by atoms with Gasteiger partial charge in [-0.05, 0) is 24.3 Å². The van der Waals surface area contributed by atoms with Gasteiger partial charge in [-0.15, -0.1) is 0 Å². The van der Waals surface area contributed by atoms with Gasteiger partial charge in [0.05, 0.1) is 12.1 Å². The number of hydrogen-bond acceptors (Lipinski definition) is 3. The van der Waals surface area contributed by atoms with Gasteiger partial charge >= 0.3 is 0 Å². The minimum Gasteiger partial charge on any atom is -0.378 e. The van der Waals surface area contributed by atoms with E-state index in [1.54, 1.807) is 4.68 Å². The number of hydrogen-bond donors (Lipinski definition) is 2. The minimum absolute atomic E-state index is 0.0184. The van der Waals surface area contributed by atoms with Crippen molar-refractivity contribution in [1.29, 1.82) is 0 Å². The maximum Gasteiger partial charge on any atom is 0.252 e. The minimum atomic E-state index is -0.209. The molecule has 5 nitrogen and oxygen atoms in total. The van der Waals surface area contributed by atoms with Gasteiger partial charge < -0.3 is 10.6 Å². The molecule has 1 aromatic heterocycles. The quantitative estimate of drug-likeness (QED) is 0.820. The van der Waals surface area contributed by atoms with Gasteiger partial charge in [-0.1, -0.05) is 0 Å². The summed E-state index contributed by atoms with van der Waals surface area (Å²) < 4.78 is 1.68. The molecule has 0 atom stereocenters. The lowest BCUT2D eigenvalue weighted by Gasteiger charge is -2.12. The van der Waals surface area contributed by atoms with Gasteiger partial charge in [0.25, 0.3) is 5.91 Å². The number of nitrogens with two attached hydrogens (primary N) is 1. The Morgan fingerprint density at radius 1 is 1.41 bits per heavy atom. The number of nitrogens with one attached hydrogen (secondary N) is 1. The molecule has 0 aliphatic heterocycles. The molecular weight excluding hydrogens is 216 g/mol. The summed E-state index contributed by atoms with van der Waals surface area (Å²) in [6, 6.07) is 8.01. The van der Waals surface area contributed by atoms with Gasteiger partial charge in [0.15, 0.2) is 0 Å². The van der Waals surface area contributed by atoms with E-state index < -0.39 is 0 Å². The molecule has 0 saturated heterocycles. The summed E-state index contributed by atoms with van der Waals surface area (Å²) in [7, 11) is 3.99. The highest BCUT2D eigenvalue weighted by Gasteiger charge is 2.05. The number of benzene rings is 1. The van der Waals surface area contributed by atoms with E-state index in [2.05, 4.69) is 11.5 Å². The van der Waals surface area contributed by atoms with Crippen LogP contribution in [0, 0.1) is 0 Å². The second-order valence-corrected chi connectivity index (χ2v) is 4.06. The van der Waals surface area contributed by atoms with Crippen LogP contribution in [0.4, 0.5) is 5.69 Å². The van der Waals surface area contributed by atoms with Gasteiger partial charge in [-0.3, -0.25) is 14.9 Å². The Bertz CT molecular complexity index is 544. The third kappa shape index (κ3) is 2.24. The lowest BCUT2D eigenvalue weighted by molar-refractivity contribution is -0.115. The van der Waals surface area contributed by atoms with Crippen LogP contribution in [0.1, 0.15) is 0 Å². The van der Waals surface area contributed by atoms with E-state index in [0.717, 1.165) is 16.6 Å². The summed E-state index contributed by atoms with van der Waals surface area (Å²) in [6.45, 7) is -0.0184. The van der Waals surface area contributed by atoms with Crippen molar-refractivity contribution in [2.24, 2.45) is 5.73 Å². The summed E-state index contributed by atoms with van der Waals surface area (Å²) in [6.07, 6.45) is 1.82. The summed E-state index contributed by atoms with van der Waals surface area (Å²) >= 11 is 0. The van der Waals surface area contributed by atoms with E-state index in [9.17, 15) is 4.79 Å². The van der Waals surface area contributed by atoms with Crippen LogP contribution in [0.5, 0.6) is 0 Å². The molecule has 0 saturated carbocycles. The van der Waals surface area contributed by atoms with Crippen molar-refractivity contribution in [3.63, 3.8) is 0 Å². The molecular formula is C12H16N4O. The highest BCUT2D eigenvalue weighted by Crippen LogP contribution is 2.21. The second kappa shape index (κ2) is 4.47. The Balaban J connectivity index is 2.38. The molecule has 0 fully saturated rings. The van der Waals surface area contributed by atoms with E-state index in [1.165, 1.54) is 0 Å². The lowest BCUT2D eigenvalue weighted by atomic mass is 10.2. The van der Waals surface area contributed by atoms with Gasteiger partial charge in [0, 0.05) is 31.4 Å². The molecule has 1 aromatic carbocycles. The molecule has 2 rings (SSSR count). The Kier molecular flexibility index (Phi) is 3.01. The van der Waals surface area contributed by atoms with Crippen molar-refractivity contribution in [1.82, 2.24) is 4.68 Å². The topological polar surface area (TPSA) is 63.3 Å². The van der Waals surface area contributed by atoms with Crippen molar-refractivity contribution >= 4 is 22.5 Å². The molecule has 5 heteroatoms. The largest absolute Gasteiger partial charge is 0.378 e. The molecule has 0 bridgehead atoms. The normalized spacial score (nSPS) is 10.5. The summed E-state index contributed by atoms with van der Waals surface area (Å²) in [5, 5.41) is 1.08. The fourth-order valence-electron chi connectivity index (χ4n) is 1.69. The Morgan fingerprint density at radius 3 is 2.82 bits per heavy atom. The van der Waals surface area contributed by atoms with E-state index in [4.69, 9.17) is 5.73 Å². The van der Waals surface area contributed by atoms with Crippen LogP contribution in [0.25, 0.3) is 10.9 Å². The number of anilines is 1. The van der Waals surface area contributed by atoms with Crippen LogP contribution in [-0.2, 0) is 4.79 Å². The molecule has 17 heavy (non-hydrogen) atoms. The number of carbonyl (C=O) groups excluding carboxylic acids is 1. The monoisotopic (exact) mass is 232 g/mol. The standard InChI is InChI=1S/C12H16N4O/c1-15(2)10-3-4-11-9(7-10)5-6-16(11)14-12(17)8-13/h3-7H,8,13H2,1-2H3,(H,14,17). The summed E-state index contributed by atoms with van der Waals surface area (Å²) in [4.78, 5) is 13.3. The first-order valence-electron chi connectivity index (χ1n) is 5.40. The predicted molar refractivity (Wildman–Crippen MR) is 69.7 cm³/mol. The Labute approximate surface area is 99.8 Å². The zero-order chi connectivity index (χ0) is 12.4. The number of rotatable bonds is 3. The molecule has 1 amide bonds. The highest BCUT2D eigenvalue weighted by molar-refractivity contribution is 5.89. The first-order valence-corrected chi connectivity index (χ1v) is 5.40. The number of amides is 1. The fraction of sp³-hybridized carbons (Fsp3) is 0.250. The first-order chi connectivity index (χ1) is 8.11. The number of carbonyl (C=O) groups is 1. The average Bonchev–Trinajstić information content (AvgIpc) is 2.71. The molecule has 1 heterocycles. The molecule has 0 spiro atoms. The van der Waals surface area contributed by atoms with Gasteiger partial charge in [0.2, 0.25) is 0 Å². The van der Waals surface area contributed by atoms with Gasteiger partial charge in [-0.2, -0.15) is 0 Å². The first kappa shape index (κ1) is 11.5. The Morgan fingerprint density at radius 2 is 2.18 bits per heavy atom. The maximum atomic E-state index is 11.2. The number of aromatic nitrogens is 1. The van der Waals surface area contributed by atoms with Crippen LogP contribution in [0.15, 0.2) is 30.5 Å². The lowest BCUT2D eigenvalue weighted by Crippen LogP contribution is -2.28. The van der Waals surface area contributed by atoms with Crippen molar-refractivity contribution in [3.05, 3.63) is 30.5 Å². The summed E-state index contributed by atoms with van der Waals surface area (Å²) in [5.41, 5.74) is 10.0. The highest BCUT2D eigenvalue weighted by atomic mass is 16.2. The molecule has 0 aliphatic rings. The SMILES string of the molecule is CN(C)c1ccc2c(ccn2NC(=O)CN)c1. The van der Waals surface area contributed by atoms with Crippen LogP contribution >= 0.6 is 0 Å². The van der Waals surface area contributed by atoms with Crippen molar-refractivity contribution in [3.8, 4) is 0 Å². The van der Waals surface area contributed by atoms with Crippen molar-refractivity contribution in [2.45, 2.75) is 0 Å². The van der Waals surface area contributed by atoms with E-state index >= 15 is 0 Å². The van der Waals surface area contributed by atoms with Crippen LogP contribution < -0.4 is 16.1 Å². The second-order valence-electron chi connectivity index (χ2n) is 4.06. The zero-order valence-corrected chi connectivity index (χ0v) is 9.97. The smallest absolute Gasteiger partial charge is 0.252 e. The zero-order valence-electron chi connectivity index (χ0n) is 9.97. The third-order valence-electron chi connectivity index (χ3n) is 2.62. The fourth-order valence-corrected chi connectivity index (χ4v) is 1.69. The molecule has 0 radical (unpaired) electrons. The number of nitrogens with zero attached hydrogens (tertiary/aromatic N) is 2. The van der Waals surface area contributed by atoms with Crippen LogP contribution in [-0.4, -0.2) is 31.2 Å². The van der Waals surface area contributed by atoms with E-state index in [1.807, 2.05) is 43.4 Å². The predicted octanol–water partition coefficient (Wildman–Crippen LogP) is 0.736. The van der Waals surface area contributed by atoms with Crippen LogP contribution in [0.2, 0.25) is 0 Å². The number of fused-ring (bicyclic) bond motifs is 1. The van der Waals surface area contributed by atoms with Crippen molar-refractivity contribution < 1.29 is 4.79 Å². The average molecular weight is 232 g/mol. The van der Waals surface area contributed by atoms with Gasteiger partial charge in [0.1, 0.15) is 0 Å². The summed E-state index contributed by atoms with van der Waals surface area (Å²) in [5.74, 6) is -0.209. The van der Waals surface area contributed by atoms with E-state index in [0.29, 0.717) is 0 Å². The van der Waals surface area contributed by atoms with E-state index in [-0.39, 0.29) is 12.5 Å².